The number of rotatable bonds is 5. The molecule has 0 aliphatic carbocycles. The Balaban J connectivity index is 1.78. The van der Waals surface area contributed by atoms with Gasteiger partial charge in [0.1, 0.15) is 0 Å². The highest BCUT2D eigenvalue weighted by atomic mass is 16.5. The van der Waals surface area contributed by atoms with Crippen LogP contribution in [0, 0.1) is 5.92 Å². The first-order valence-electron chi connectivity index (χ1n) is 7.60. The fraction of sp³-hybridized carbons (Fsp3) is 0.500. The highest BCUT2D eigenvalue weighted by molar-refractivity contribution is 5.31. The van der Waals surface area contributed by atoms with Crippen LogP contribution in [0.1, 0.15) is 19.0 Å². The van der Waals surface area contributed by atoms with Crippen molar-refractivity contribution in [1.82, 2.24) is 14.5 Å². The molecule has 0 spiro atoms. The topological polar surface area (TPSA) is 43.2 Å². The summed E-state index contributed by atoms with van der Waals surface area (Å²) < 4.78 is 7.88. The summed E-state index contributed by atoms with van der Waals surface area (Å²) in [5.41, 5.74) is 1.32. The molecular weight excluding hydrogens is 264 g/mol. The molecule has 21 heavy (non-hydrogen) atoms. The zero-order valence-corrected chi connectivity index (χ0v) is 12.5. The number of fused-ring (bicyclic) bond motifs is 1. The zero-order valence-electron chi connectivity index (χ0n) is 12.5. The molecule has 0 saturated heterocycles. The molecule has 0 radical (unpaired) electrons. The Labute approximate surface area is 125 Å². The van der Waals surface area contributed by atoms with Crippen molar-refractivity contribution in [3.05, 3.63) is 42.5 Å². The van der Waals surface area contributed by atoms with E-state index in [2.05, 4.69) is 37.8 Å². The molecule has 1 unspecified atom stereocenters. The lowest BCUT2D eigenvalue weighted by atomic mass is 10.1. The molecule has 0 amide bonds. The van der Waals surface area contributed by atoms with Gasteiger partial charge in [-0.05, 0) is 37.5 Å². The van der Waals surface area contributed by atoms with Crippen molar-refractivity contribution in [2.24, 2.45) is 5.92 Å². The second-order valence-corrected chi connectivity index (χ2v) is 5.43. The first kappa shape index (κ1) is 14.1. The molecule has 1 aliphatic rings. The highest BCUT2D eigenvalue weighted by Crippen LogP contribution is 2.22. The number of anilines is 1. The summed E-state index contributed by atoms with van der Waals surface area (Å²) in [4.78, 5) is 11.1. The molecule has 5 nitrogen and oxygen atoms in total. The van der Waals surface area contributed by atoms with Crippen molar-refractivity contribution < 1.29 is 4.74 Å². The lowest BCUT2D eigenvalue weighted by molar-refractivity contribution is 0.130. The van der Waals surface area contributed by atoms with E-state index >= 15 is 0 Å². The molecule has 2 aromatic rings. The third kappa shape index (κ3) is 3.42. The lowest BCUT2D eigenvalue weighted by Crippen LogP contribution is -2.29. The molecule has 0 aromatic carbocycles. The molecule has 0 fully saturated rings. The van der Waals surface area contributed by atoms with Crippen molar-refractivity contribution in [2.75, 3.05) is 24.7 Å². The van der Waals surface area contributed by atoms with Crippen molar-refractivity contribution in [3.63, 3.8) is 0 Å². The van der Waals surface area contributed by atoms with Gasteiger partial charge >= 0.3 is 0 Å². The lowest BCUT2D eigenvalue weighted by Gasteiger charge is -2.23. The second-order valence-electron chi connectivity index (χ2n) is 5.43. The summed E-state index contributed by atoms with van der Waals surface area (Å²) in [6.45, 7) is 6.52. The Morgan fingerprint density at radius 2 is 2.10 bits per heavy atom. The molecule has 0 N–H and O–H groups in total. The summed E-state index contributed by atoms with van der Waals surface area (Å²) in [5, 5.41) is 0. The van der Waals surface area contributed by atoms with E-state index < -0.39 is 0 Å². The monoisotopic (exact) mass is 286 g/mol. The standard InChI is InChI=1S/C16H22N4O/c1-2-21-10-6-14-11-19-9-3-5-15(19)13-20(12-14)16-17-7-4-8-18-16/h3-5,7-9,14H,2,6,10-13H2,1H3. The van der Waals surface area contributed by atoms with Crippen molar-refractivity contribution in [1.29, 1.82) is 0 Å². The molecule has 0 saturated carbocycles. The van der Waals surface area contributed by atoms with Gasteiger partial charge < -0.3 is 14.2 Å². The number of hydrogen-bond donors (Lipinski definition) is 0. The summed E-state index contributed by atoms with van der Waals surface area (Å²) in [7, 11) is 0. The van der Waals surface area contributed by atoms with Crippen molar-refractivity contribution >= 4 is 5.95 Å². The van der Waals surface area contributed by atoms with E-state index in [1.54, 1.807) is 0 Å². The Morgan fingerprint density at radius 1 is 1.24 bits per heavy atom. The fourth-order valence-electron chi connectivity index (χ4n) is 2.86. The molecule has 3 heterocycles. The van der Waals surface area contributed by atoms with Crippen LogP contribution in [0.15, 0.2) is 36.8 Å². The maximum atomic E-state index is 5.53. The minimum atomic E-state index is 0.550. The van der Waals surface area contributed by atoms with E-state index in [0.29, 0.717) is 5.92 Å². The van der Waals surface area contributed by atoms with E-state index in [4.69, 9.17) is 4.74 Å². The van der Waals surface area contributed by atoms with Crippen LogP contribution < -0.4 is 4.90 Å². The van der Waals surface area contributed by atoms with Crippen molar-refractivity contribution in [2.45, 2.75) is 26.4 Å². The van der Waals surface area contributed by atoms with Crippen LogP contribution in [0.2, 0.25) is 0 Å². The molecule has 5 heteroatoms. The summed E-state index contributed by atoms with van der Waals surface area (Å²) >= 11 is 0. The molecule has 1 aliphatic heterocycles. The van der Waals surface area contributed by atoms with E-state index in [9.17, 15) is 0 Å². The Hall–Kier alpha value is -1.88. The van der Waals surface area contributed by atoms with Gasteiger partial charge in [-0.1, -0.05) is 0 Å². The summed E-state index contributed by atoms with van der Waals surface area (Å²) in [6, 6.07) is 6.15. The number of ether oxygens (including phenoxy) is 1. The zero-order chi connectivity index (χ0) is 14.5. The van der Waals surface area contributed by atoms with Gasteiger partial charge in [0.05, 0.1) is 6.54 Å². The Morgan fingerprint density at radius 3 is 2.90 bits per heavy atom. The number of aromatic nitrogens is 3. The van der Waals surface area contributed by atoms with Gasteiger partial charge in [0, 0.05) is 50.6 Å². The predicted molar refractivity (Wildman–Crippen MR) is 82.1 cm³/mol. The van der Waals surface area contributed by atoms with Crippen LogP contribution in [0.25, 0.3) is 0 Å². The van der Waals surface area contributed by atoms with Gasteiger partial charge in [0.15, 0.2) is 0 Å². The maximum absolute atomic E-state index is 5.53. The van der Waals surface area contributed by atoms with Crippen LogP contribution in [0.3, 0.4) is 0 Å². The quantitative estimate of drug-likeness (QED) is 0.791. The minimum Gasteiger partial charge on any atom is -0.382 e. The molecule has 2 aromatic heterocycles. The van der Waals surface area contributed by atoms with E-state index in [1.807, 2.05) is 25.4 Å². The maximum Gasteiger partial charge on any atom is 0.225 e. The van der Waals surface area contributed by atoms with Crippen molar-refractivity contribution in [3.8, 4) is 0 Å². The van der Waals surface area contributed by atoms with Crippen LogP contribution in [-0.4, -0.2) is 34.3 Å². The van der Waals surface area contributed by atoms with Gasteiger partial charge in [0.25, 0.3) is 0 Å². The summed E-state index contributed by atoms with van der Waals surface area (Å²) in [6.07, 6.45) is 6.84. The van der Waals surface area contributed by atoms with Crippen LogP contribution in [0.4, 0.5) is 5.95 Å². The number of hydrogen-bond acceptors (Lipinski definition) is 4. The molecule has 1 atom stereocenters. The first-order valence-corrected chi connectivity index (χ1v) is 7.60. The average molecular weight is 286 g/mol. The third-order valence-electron chi connectivity index (χ3n) is 3.92. The third-order valence-corrected chi connectivity index (χ3v) is 3.92. The Bertz CT molecular complexity index is 554. The summed E-state index contributed by atoms with van der Waals surface area (Å²) in [5.74, 6) is 1.36. The minimum absolute atomic E-state index is 0.550. The Kier molecular flexibility index (Phi) is 4.50. The predicted octanol–water partition coefficient (Wildman–Crippen LogP) is 2.34. The molecular formula is C16H22N4O. The fourth-order valence-corrected chi connectivity index (χ4v) is 2.86. The van der Waals surface area contributed by atoms with E-state index in [0.717, 1.165) is 45.2 Å². The molecule has 112 valence electrons. The van der Waals surface area contributed by atoms with Gasteiger partial charge in [-0.25, -0.2) is 9.97 Å². The van der Waals surface area contributed by atoms with E-state index in [1.165, 1.54) is 5.69 Å². The van der Waals surface area contributed by atoms with E-state index in [-0.39, 0.29) is 0 Å². The largest absolute Gasteiger partial charge is 0.382 e. The van der Waals surface area contributed by atoms with Gasteiger partial charge in [-0.2, -0.15) is 0 Å². The highest BCUT2D eigenvalue weighted by Gasteiger charge is 2.22. The SMILES string of the molecule is CCOCCC1CN(c2ncccn2)Cc2cccn2C1. The molecule has 0 bridgehead atoms. The molecule has 3 rings (SSSR count). The number of nitrogens with zero attached hydrogens (tertiary/aromatic N) is 4. The average Bonchev–Trinajstić information content (AvgIpc) is 2.87. The van der Waals surface area contributed by atoms with Gasteiger partial charge in [-0.15, -0.1) is 0 Å². The normalized spacial score (nSPS) is 18.3. The van der Waals surface area contributed by atoms with Crippen LogP contribution in [0.5, 0.6) is 0 Å². The second kappa shape index (κ2) is 6.72. The smallest absolute Gasteiger partial charge is 0.225 e. The first-order chi connectivity index (χ1) is 10.4. The van der Waals surface area contributed by atoms with Gasteiger partial charge in [-0.3, -0.25) is 0 Å². The van der Waals surface area contributed by atoms with Crippen LogP contribution in [-0.2, 0) is 17.8 Å². The van der Waals surface area contributed by atoms with Gasteiger partial charge in [0.2, 0.25) is 5.95 Å². The van der Waals surface area contributed by atoms with Crippen LogP contribution >= 0.6 is 0 Å².